The molecule has 3 rings (SSSR count). The molecule has 0 radical (unpaired) electrons. The topological polar surface area (TPSA) is 34.1 Å². The molecule has 4 heteroatoms. The molecule has 1 aromatic heterocycles. The highest BCUT2D eigenvalue weighted by Gasteiger charge is 2.30. The Morgan fingerprint density at radius 2 is 2.35 bits per heavy atom. The number of ether oxygens (including phenoxy) is 1. The number of pyridine rings is 1. The highest BCUT2D eigenvalue weighted by molar-refractivity contribution is 5.79. The molecule has 1 fully saturated rings. The Bertz CT molecular complexity index is 594. The van der Waals surface area contributed by atoms with Gasteiger partial charge in [0.1, 0.15) is 5.67 Å². The number of nitrogens with one attached hydrogen (secondary N) is 1. The number of hydrogen-bond donors (Lipinski definition) is 1. The van der Waals surface area contributed by atoms with Crippen molar-refractivity contribution in [1.29, 1.82) is 0 Å². The molecule has 0 aliphatic carbocycles. The summed E-state index contributed by atoms with van der Waals surface area (Å²) in [7, 11) is 0. The number of hydrogen-bond acceptors (Lipinski definition) is 3. The lowest BCUT2D eigenvalue weighted by molar-refractivity contribution is 0.0475. The van der Waals surface area contributed by atoms with E-state index in [-0.39, 0.29) is 6.04 Å². The van der Waals surface area contributed by atoms with Gasteiger partial charge >= 0.3 is 0 Å². The fraction of sp³-hybridized carbons (Fsp3) is 0.438. The van der Waals surface area contributed by atoms with Gasteiger partial charge in [-0.15, -0.1) is 0 Å². The molecule has 2 atom stereocenters. The molecule has 0 saturated carbocycles. The zero-order chi connectivity index (χ0) is 14.0. The Morgan fingerprint density at radius 1 is 1.45 bits per heavy atom. The Morgan fingerprint density at radius 3 is 3.15 bits per heavy atom. The second-order valence-electron chi connectivity index (χ2n) is 5.54. The van der Waals surface area contributed by atoms with Crippen LogP contribution in [0, 0.1) is 0 Å². The summed E-state index contributed by atoms with van der Waals surface area (Å²) in [6, 6.07) is 9.52. The largest absolute Gasteiger partial charge is 0.379 e. The lowest BCUT2D eigenvalue weighted by Gasteiger charge is -2.30. The molecule has 2 aromatic rings. The van der Waals surface area contributed by atoms with Crippen molar-refractivity contribution in [2.24, 2.45) is 0 Å². The lowest BCUT2D eigenvalue weighted by atomic mass is 9.90. The molecule has 1 aliphatic heterocycles. The number of alkyl halides is 1. The van der Waals surface area contributed by atoms with Gasteiger partial charge in [0.05, 0.1) is 18.7 Å². The molecule has 1 aromatic carbocycles. The summed E-state index contributed by atoms with van der Waals surface area (Å²) in [4.78, 5) is 4.27. The molecule has 106 valence electrons. The van der Waals surface area contributed by atoms with E-state index < -0.39 is 5.67 Å². The number of nitrogens with zero attached hydrogens (tertiary/aromatic N) is 1. The standard InChI is InChI=1S/C16H19FN2O/c1-16(17,10-14-11-20-8-7-18-14)13-4-5-15-12(9-13)3-2-6-19-15/h2-6,9,14,18H,7-8,10-11H2,1H3. The van der Waals surface area contributed by atoms with E-state index >= 15 is 4.39 Å². The van der Waals surface area contributed by atoms with Crippen molar-refractivity contribution in [2.45, 2.75) is 25.1 Å². The smallest absolute Gasteiger partial charge is 0.134 e. The van der Waals surface area contributed by atoms with E-state index in [1.807, 2.05) is 30.3 Å². The summed E-state index contributed by atoms with van der Waals surface area (Å²) in [5.74, 6) is 0. The SMILES string of the molecule is CC(F)(CC1COCCN1)c1ccc2ncccc2c1. The zero-order valence-electron chi connectivity index (χ0n) is 11.6. The van der Waals surface area contributed by atoms with Crippen LogP contribution < -0.4 is 5.32 Å². The van der Waals surface area contributed by atoms with E-state index in [4.69, 9.17) is 4.74 Å². The van der Waals surface area contributed by atoms with Crippen LogP contribution in [-0.4, -0.2) is 30.8 Å². The molecular weight excluding hydrogens is 255 g/mol. The van der Waals surface area contributed by atoms with E-state index in [1.54, 1.807) is 13.1 Å². The molecule has 20 heavy (non-hydrogen) atoms. The van der Waals surface area contributed by atoms with Crippen molar-refractivity contribution < 1.29 is 9.13 Å². The summed E-state index contributed by atoms with van der Waals surface area (Å²) < 4.78 is 20.4. The van der Waals surface area contributed by atoms with Crippen LogP contribution in [0.5, 0.6) is 0 Å². The predicted molar refractivity (Wildman–Crippen MR) is 77.4 cm³/mol. The third-order valence-corrected chi connectivity index (χ3v) is 3.83. The number of fused-ring (bicyclic) bond motifs is 1. The van der Waals surface area contributed by atoms with Crippen LogP contribution in [0.3, 0.4) is 0 Å². The number of aromatic nitrogens is 1. The second-order valence-corrected chi connectivity index (χ2v) is 5.54. The van der Waals surface area contributed by atoms with E-state index in [0.717, 1.165) is 17.4 Å². The second kappa shape index (κ2) is 5.46. The van der Waals surface area contributed by atoms with E-state index in [1.165, 1.54) is 0 Å². The molecule has 2 unspecified atom stereocenters. The van der Waals surface area contributed by atoms with Gasteiger partial charge in [-0.1, -0.05) is 12.1 Å². The summed E-state index contributed by atoms with van der Waals surface area (Å²) in [5, 5.41) is 4.28. The first-order valence-electron chi connectivity index (χ1n) is 7.00. The maximum atomic E-state index is 15.0. The Hall–Kier alpha value is -1.52. The first-order chi connectivity index (χ1) is 9.65. The van der Waals surface area contributed by atoms with Crippen LogP contribution in [0.15, 0.2) is 36.5 Å². The van der Waals surface area contributed by atoms with Crippen molar-refractivity contribution in [3.05, 3.63) is 42.1 Å². The van der Waals surface area contributed by atoms with Gasteiger partial charge in [-0.2, -0.15) is 0 Å². The molecular formula is C16H19FN2O. The number of halogens is 1. The van der Waals surface area contributed by atoms with Crippen LogP contribution in [0.25, 0.3) is 10.9 Å². The molecule has 0 bridgehead atoms. The fourth-order valence-electron chi connectivity index (χ4n) is 2.73. The average molecular weight is 274 g/mol. The minimum absolute atomic E-state index is 0.0725. The van der Waals surface area contributed by atoms with Gasteiger partial charge in [-0.25, -0.2) is 4.39 Å². The summed E-state index contributed by atoms with van der Waals surface area (Å²) >= 11 is 0. The molecule has 0 spiro atoms. The minimum Gasteiger partial charge on any atom is -0.379 e. The molecule has 1 N–H and O–H groups in total. The maximum Gasteiger partial charge on any atom is 0.134 e. The van der Waals surface area contributed by atoms with Crippen molar-refractivity contribution >= 4 is 10.9 Å². The first-order valence-corrected chi connectivity index (χ1v) is 7.00. The summed E-state index contributed by atoms with van der Waals surface area (Å²) in [6.45, 7) is 3.72. The molecule has 3 nitrogen and oxygen atoms in total. The van der Waals surface area contributed by atoms with E-state index in [2.05, 4.69) is 10.3 Å². The average Bonchev–Trinajstić information content (AvgIpc) is 2.47. The third-order valence-electron chi connectivity index (χ3n) is 3.83. The monoisotopic (exact) mass is 274 g/mol. The maximum absolute atomic E-state index is 15.0. The van der Waals surface area contributed by atoms with Gasteiger partial charge < -0.3 is 10.1 Å². The van der Waals surface area contributed by atoms with Gasteiger partial charge in [0, 0.05) is 30.6 Å². The third kappa shape index (κ3) is 2.81. The summed E-state index contributed by atoms with van der Waals surface area (Å²) in [5.41, 5.74) is 0.221. The van der Waals surface area contributed by atoms with Gasteiger partial charge in [0.15, 0.2) is 0 Å². The van der Waals surface area contributed by atoms with Crippen LogP contribution in [0.4, 0.5) is 4.39 Å². The van der Waals surface area contributed by atoms with E-state index in [9.17, 15) is 0 Å². The highest BCUT2D eigenvalue weighted by Crippen LogP contribution is 2.32. The van der Waals surface area contributed by atoms with Crippen molar-refractivity contribution in [1.82, 2.24) is 10.3 Å². The number of benzene rings is 1. The Kier molecular flexibility index (Phi) is 3.68. The lowest BCUT2D eigenvalue weighted by Crippen LogP contribution is -2.44. The first kappa shape index (κ1) is 13.5. The van der Waals surface area contributed by atoms with Crippen molar-refractivity contribution in [3.63, 3.8) is 0 Å². The molecule has 1 aliphatic rings. The molecule has 0 amide bonds. The predicted octanol–water partition coefficient (Wildman–Crippen LogP) is 2.80. The van der Waals surface area contributed by atoms with Gasteiger partial charge in [0.25, 0.3) is 0 Å². The highest BCUT2D eigenvalue weighted by atomic mass is 19.1. The van der Waals surface area contributed by atoms with Crippen LogP contribution in [0.1, 0.15) is 18.9 Å². The van der Waals surface area contributed by atoms with E-state index in [0.29, 0.717) is 25.2 Å². The fourth-order valence-corrected chi connectivity index (χ4v) is 2.73. The Labute approximate surface area is 118 Å². The van der Waals surface area contributed by atoms with Crippen molar-refractivity contribution in [3.8, 4) is 0 Å². The molecule has 2 heterocycles. The number of rotatable bonds is 3. The van der Waals surface area contributed by atoms with Gasteiger partial charge in [-0.3, -0.25) is 4.98 Å². The number of morpholine rings is 1. The van der Waals surface area contributed by atoms with Gasteiger partial charge in [-0.05, 0) is 30.7 Å². The Balaban J connectivity index is 1.83. The summed E-state index contributed by atoms with van der Waals surface area (Å²) in [6.07, 6.45) is 2.17. The minimum atomic E-state index is -1.37. The zero-order valence-corrected chi connectivity index (χ0v) is 11.6. The van der Waals surface area contributed by atoms with Gasteiger partial charge in [0.2, 0.25) is 0 Å². The van der Waals surface area contributed by atoms with Crippen LogP contribution in [-0.2, 0) is 10.4 Å². The van der Waals surface area contributed by atoms with Crippen molar-refractivity contribution in [2.75, 3.05) is 19.8 Å². The quantitative estimate of drug-likeness (QED) is 0.934. The van der Waals surface area contributed by atoms with Crippen LogP contribution >= 0.6 is 0 Å². The normalized spacial score (nSPS) is 22.6. The molecule has 1 saturated heterocycles. The van der Waals surface area contributed by atoms with Crippen LogP contribution in [0.2, 0.25) is 0 Å².